The van der Waals surface area contributed by atoms with Crippen molar-refractivity contribution in [1.82, 2.24) is 0 Å². The number of hydrogen-bond donors (Lipinski definition) is 9. The maximum absolute atomic E-state index is 10.1. The third kappa shape index (κ3) is 57.6. The third-order valence-electron chi connectivity index (χ3n) is 5.62. The van der Waals surface area contributed by atoms with E-state index in [4.69, 9.17) is 65.5 Å². The molecule has 0 radical (unpaired) electrons. The summed E-state index contributed by atoms with van der Waals surface area (Å²) in [4.78, 5) is 24.2. The second-order valence-corrected chi connectivity index (χ2v) is 33.5. The van der Waals surface area contributed by atoms with Crippen LogP contribution in [0.3, 0.4) is 0 Å². The first kappa shape index (κ1) is 84.6. The number of carbonyl (C=O) groups excluding carboxylic acids is 2. The van der Waals surface area contributed by atoms with Crippen LogP contribution >= 0.6 is 221 Å². The monoisotopic (exact) mass is 1560 g/mol. The summed E-state index contributed by atoms with van der Waals surface area (Å²) in [6.07, 6.45) is 3.93. The Hall–Kier alpha value is 2.81. The number of carbonyl (C=O) groups is 2. The molecule has 372 valence electrons. The largest absolute Gasteiger partial charge is 1.00 e. The Kier molecular flexibility index (Phi) is 81.9. The summed E-state index contributed by atoms with van der Waals surface area (Å²) in [7, 11) is 0. The first-order valence-corrected chi connectivity index (χ1v) is 33.2. The van der Waals surface area contributed by atoms with Crippen LogP contribution < -0.4 is 41.8 Å². The zero-order valence-corrected chi connectivity index (χ0v) is 53.9. The van der Waals surface area contributed by atoms with Gasteiger partial charge in [-0.3, -0.25) is 20.4 Å². The van der Waals surface area contributed by atoms with Crippen LogP contribution in [0.4, 0.5) is 0 Å². The number of amidine groups is 2. The van der Waals surface area contributed by atoms with Crippen LogP contribution in [0, 0.1) is 10.8 Å². The van der Waals surface area contributed by atoms with Crippen LogP contribution in [0.15, 0.2) is 45.8 Å². The number of thioether (sulfide) groups is 2. The fourth-order valence-corrected chi connectivity index (χ4v) is 9.13. The van der Waals surface area contributed by atoms with E-state index in [1.807, 2.05) is 22.9 Å². The number of rotatable bonds is 10. The van der Waals surface area contributed by atoms with Crippen molar-refractivity contribution in [1.29, 1.82) is 10.8 Å². The number of thiocarbonyl (C=S) groups is 1. The van der Waals surface area contributed by atoms with Gasteiger partial charge in [0.15, 0.2) is 45.4 Å². The molecule has 1 saturated heterocycles. The molecule has 5 rings (SSSR count). The maximum Gasteiger partial charge on any atom is 1.00 e. The molecule has 0 amide bonds. The Labute approximate surface area is 510 Å². The van der Waals surface area contributed by atoms with Crippen LogP contribution in [-0.4, -0.2) is 85.9 Å². The van der Waals surface area contributed by atoms with Gasteiger partial charge in [-0.05, 0) is 141 Å². The minimum atomic E-state index is -0.183. The van der Waals surface area contributed by atoms with E-state index in [0.29, 0.717) is 28.8 Å². The fourth-order valence-electron chi connectivity index (χ4n) is 3.21. The van der Waals surface area contributed by atoms with Gasteiger partial charge in [0.2, 0.25) is 0 Å². The smallest absolute Gasteiger partial charge is 1.00 e. The van der Waals surface area contributed by atoms with Gasteiger partial charge in [0, 0.05) is 62.2 Å². The summed E-state index contributed by atoms with van der Waals surface area (Å²) >= 11 is 38.8. The summed E-state index contributed by atoms with van der Waals surface area (Å²) in [5.41, 5.74) is 23.7. The molecule has 31 heteroatoms. The number of ether oxygens (including phenoxy) is 1. The van der Waals surface area contributed by atoms with Gasteiger partial charge in [0.1, 0.15) is 4.03 Å². The zero-order valence-electron chi connectivity index (χ0n) is 35.4. The maximum atomic E-state index is 10.1. The second-order valence-electron chi connectivity index (χ2n) is 9.80. The minimum Gasteiger partial charge on any atom is -1.00 e. The molecule has 13 N–H and O–H groups in total. The van der Waals surface area contributed by atoms with Crippen LogP contribution in [0.5, 0.6) is 0 Å². The number of alkyl halides is 4. The molecule has 0 bridgehead atoms. The van der Waals surface area contributed by atoms with Crippen LogP contribution in [0.25, 0.3) is 0 Å². The van der Waals surface area contributed by atoms with E-state index in [-0.39, 0.29) is 116 Å². The molecule has 65 heavy (non-hydrogen) atoms. The Morgan fingerprint density at radius 2 is 1.18 bits per heavy atom. The van der Waals surface area contributed by atoms with Crippen LogP contribution in [0.2, 0.25) is 0 Å². The van der Waals surface area contributed by atoms with Gasteiger partial charge < -0.3 is 44.4 Å². The number of aliphatic hydroxyl groups excluding tert-OH is 3. The summed E-state index contributed by atoms with van der Waals surface area (Å²) in [6.45, 7) is 3.99. The predicted octanol–water partition coefficient (Wildman–Crippen LogP) is 9.54. The van der Waals surface area contributed by atoms with E-state index in [0.717, 1.165) is 40.1 Å². The van der Waals surface area contributed by atoms with Gasteiger partial charge in [-0.25, -0.2) is 0 Å². The molecule has 12 nitrogen and oxygen atoms in total. The first-order valence-electron chi connectivity index (χ1n) is 16.6. The molecule has 4 aromatic rings. The van der Waals surface area contributed by atoms with E-state index < -0.39 is 0 Å². The average Bonchev–Trinajstić information content (AvgIpc) is 4.07. The number of thiophene rings is 4. The Morgan fingerprint density at radius 3 is 1.49 bits per heavy atom. The number of aliphatic hydroxyl groups is 3. The van der Waals surface area contributed by atoms with Crippen molar-refractivity contribution in [3.05, 3.63) is 87.5 Å². The molecule has 0 saturated carbocycles. The van der Waals surface area contributed by atoms with E-state index in [9.17, 15) is 9.59 Å². The van der Waals surface area contributed by atoms with Crippen molar-refractivity contribution >= 4 is 266 Å². The van der Waals surface area contributed by atoms with Gasteiger partial charge in [-0.2, -0.15) is 0 Å². The molecule has 1 aliphatic rings. The Bertz CT molecular complexity index is 1560. The van der Waals surface area contributed by atoms with Crippen LogP contribution in [0.1, 0.15) is 72.5 Å². The van der Waals surface area contributed by atoms with Gasteiger partial charge in [0.05, 0.1) is 23.4 Å². The van der Waals surface area contributed by atoms with E-state index in [1.165, 1.54) is 79.9 Å². The third-order valence-corrected chi connectivity index (χ3v) is 12.6. The van der Waals surface area contributed by atoms with Gasteiger partial charge in [0.25, 0.3) is 0 Å². The summed E-state index contributed by atoms with van der Waals surface area (Å²) in [5.74, 6) is 1.44. The average molecular weight is 1560 g/mol. The van der Waals surface area contributed by atoms with E-state index in [2.05, 4.69) is 113 Å². The molecule has 0 atom stereocenters. The molecule has 1 aliphatic heterocycles. The van der Waals surface area contributed by atoms with Crippen molar-refractivity contribution in [3.63, 3.8) is 0 Å². The molecular formula is C34H56AlBr7Cl2LiN6O6PS7. The second kappa shape index (κ2) is 62.9. The summed E-state index contributed by atoms with van der Waals surface area (Å²) < 4.78 is 4.76. The molecule has 5 heterocycles. The van der Waals surface area contributed by atoms with E-state index in [1.54, 1.807) is 41.0 Å². The molecule has 1 fully saturated rings. The van der Waals surface area contributed by atoms with Gasteiger partial charge in [-0.1, -0.05) is 55.4 Å². The number of hydrogen-bond acceptors (Lipinski definition) is 15. The number of halogens is 9. The number of nitrogens with two attached hydrogens (primary N) is 4. The molecule has 0 aromatic carbocycles. The Morgan fingerprint density at radius 1 is 0.785 bits per heavy atom. The topological polar surface area (TPSA) is 256 Å². The normalized spacial score (nSPS) is 9.66. The van der Waals surface area contributed by atoms with Crippen molar-refractivity contribution < 1.29 is 49.9 Å². The van der Waals surface area contributed by atoms with Crippen molar-refractivity contribution in [2.75, 3.05) is 25.2 Å². The van der Waals surface area contributed by atoms with Crippen LogP contribution in [-0.2, 0) is 40.1 Å². The zero-order chi connectivity index (χ0) is 47.4. The molecule has 0 unspecified atom stereocenters. The van der Waals surface area contributed by atoms with Crippen molar-refractivity contribution in [2.45, 2.75) is 55.1 Å². The number of aldehydes is 2. The molecule has 0 spiro atoms. The quantitative estimate of drug-likeness (QED) is 0.0137. The van der Waals surface area contributed by atoms with Gasteiger partial charge in [-0.15, -0.1) is 103 Å². The van der Waals surface area contributed by atoms with Crippen molar-refractivity contribution in [3.8, 4) is 0 Å². The SMILES string of the molecule is Br.Br.BrCc1ccsc1CBr.BrP(Br)Br.C1CCOC1.CCO.ClCCl.N=C(N)SCc1ccsc1CSC(=N)N.NC(N)=S.O=Cc1ccsc1C=O.OCc1ccsc1CO.[AlH3].[H-].[Li+]. The number of nitrogens with one attached hydrogen (secondary N) is 2. The van der Waals surface area contributed by atoms with Gasteiger partial charge >= 0.3 is 18.9 Å². The minimum absolute atomic E-state index is 0. The standard InChI is InChI=1S/C8H12N4S3.C6H6Br2S.C6H8O2S.C6H4O2S.C4H8O.C2H6O.CH2Cl2.CH4N2S.Al.Br3P.2BrH.Li.4H/c9-7(10)14-3-5-1-2-13-6(5)4-15-8(11)12;3*7-3-5-1-2-9-6(5)4-8;1-2-4-5-3-1;1-2-3;2-1-3;2-1(3)4;;1-4(2)3;;;;;;;/h1-2H,3-4H2,(H3,9,10)(H3,11,12);1-2H,3-4H2;1-2,7-8H,3-4H2;1-4H;1-4H2;3H,2H2,1H3;1H2;(H4,2,3,4);;;2*1H;;;;;/q;;;;;;;;;;;;+1;;;;-1. The van der Waals surface area contributed by atoms with E-state index >= 15 is 0 Å². The molecule has 0 aliphatic carbocycles. The van der Waals surface area contributed by atoms with Crippen molar-refractivity contribution in [2.24, 2.45) is 22.9 Å². The summed E-state index contributed by atoms with van der Waals surface area (Å²) in [6, 6.07) is 7.62. The summed E-state index contributed by atoms with van der Waals surface area (Å²) in [5, 5.41) is 49.2. The first-order chi connectivity index (χ1) is 29.0. The molecular weight excluding hydrogens is 1510 g/mol. The fraction of sp³-hybridized carbons (Fsp3) is 0.382. The predicted molar refractivity (Wildman–Crippen MR) is 327 cm³/mol. The Balaban J connectivity index is -0.0000000822. The molecule has 4 aromatic heterocycles.